The Hall–Kier alpha value is -1.32. The second-order valence-electron chi connectivity index (χ2n) is 2.85. The van der Waals surface area contributed by atoms with Gasteiger partial charge in [-0.25, -0.2) is 4.79 Å². The molecule has 2 unspecified atom stereocenters. The highest BCUT2D eigenvalue weighted by Crippen LogP contribution is 2.22. The lowest BCUT2D eigenvalue weighted by molar-refractivity contribution is -0.154. The van der Waals surface area contributed by atoms with E-state index in [0.717, 1.165) is 0 Å². The first-order valence-corrected chi connectivity index (χ1v) is 3.64. The predicted octanol–water partition coefficient (Wildman–Crippen LogP) is 0.579. The van der Waals surface area contributed by atoms with Crippen LogP contribution in [0.4, 0.5) is 0 Å². The second-order valence-corrected chi connectivity index (χ2v) is 2.85. The highest BCUT2D eigenvalue weighted by Gasteiger charge is 2.32. The first-order valence-electron chi connectivity index (χ1n) is 3.64. The third kappa shape index (κ3) is 1.47. The van der Waals surface area contributed by atoms with Crippen molar-refractivity contribution < 1.29 is 19.4 Å². The molecule has 0 aromatic carbocycles. The third-order valence-corrected chi connectivity index (χ3v) is 1.87. The van der Waals surface area contributed by atoms with Gasteiger partial charge in [0.1, 0.15) is 12.0 Å². The maximum Gasteiger partial charge on any atom is 0.331 e. The molecular formula is C8H10O4. The van der Waals surface area contributed by atoms with E-state index in [4.69, 9.17) is 9.84 Å². The van der Waals surface area contributed by atoms with Crippen molar-refractivity contribution in [1.29, 1.82) is 0 Å². The molecule has 0 aliphatic carbocycles. The Morgan fingerprint density at radius 2 is 2.25 bits per heavy atom. The Morgan fingerprint density at radius 3 is 2.67 bits per heavy atom. The molecule has 1 heterocycles. The van der Waals surface area contributed by atoms with E-state index in [1.165, 1.54) is 6.08 Å². The maximum atomic E-state index is 10.8. The van der Waals surface area contributed by atoms with Crippen LogP contribution in [0.1, 0.15) is 13.8 Å². The Morgan fingerprint density at radius 1 is 1.67 bits per heavy atom. The zero-order chi connectivity index (χ0) is 9.30. The molecule has 4 nitrogen and oxygen atoms in total. The van der Waals surface area contributed by atoms with Crippen molar-refractivity contribution in [3.63, 3.8) is 0 Å². The molecular weight excluding hydrogens is 160 g/mol. The second kappa shape index (κ2) is 2.97. The van der Waals surface area contributed by atoms with Gasteiger partial charge in [0.05, 0.1) is 0 Å². The molecule has 0 fully saturated rings. The molecule has 1 aliphatic heterocycles. The molecule has 0 radical (unpaired) electrons. The summed E-state index contributed by atoms with van der Waals surface area (Å²) in [7, 11) is 0. The van der Waals surface area contributed by atoms with Crippen LogP contribution < -0.4 is 0 Å². The van der Waals surface area contributed by atoms with E-state index in [9.17, 15) is 9.59 Å². The van der Waals surface area contributed by atoms with Crippen molar-refractivity contribution in [2.45, 2.75) is 20.0 Å². The van der Waals surface area contributed by atoms with E-state index >= 15 is 0 Å². The standard InChI is InChI=1S/C8H10O4/c1-4-3-6(9)12-5(2)7(4)8(10)11/h3,5,7H,1-2H3,(H,10,11). The summed E-state index contributed by atoms with van der Waals surface area (Å²) in [5.74, 6) is -2.11. The van der Waals surface area contributed by atoms with E-state index in [1.54, 1.807) is 13.8 Å². The van der Waals surface area contributed by atoms with Gasteiger partial charge >= 0.3 is 11.9 Å². The highest BCUT2D eigenvalue weighted by atomic mass is 16.5. The zero-order valence-corrected chi connectivity index (χ0v) is 6.90. The summed E-state index contributed by atoms with van der Waals surface area (Å²) in [4.78, 5) is 21.4. The molecule has 0 amide bonds. The van der Waals surface area contributed by atoms with Gasteiger partial charge in [0.15, 0.2) is 0 Å². The van der Waals surface area contributed by atoms with Crippen LogP contribution in [-0.2, 0) is 14.3 Å². The summed E-state index contributed by atoms with van der Waals surface area (Å²) >= 11 is 0. The number of hydrogen-bond acceptors (Lipinski definition) is 3. The Bertz CT molecular complexity index is 254. The number of carbonyl (C=O) groups is 2. The first-order chi connectivity index (χ1) is 5.52. The Labute approximate surface area is 69.8 Å². The van der Waals surface area contributed by atoms with Crippen LogP contribution in [0, 0.1) is 5.92 Å². The van der Waals surface area contributed by atoms with Gasteiger partial charge in [-0.3, -0.25) is 4.79 Å². The lowest BCUT2D eigenvalue weighted by Crippen LogP contribution is -2.34. The van der Waals surface area contributed by atoms with Crippen molar-refractivity contribution >= 4 is 11.9 Å². The summed E-state index contributed by atoms with van der Waals surface area (Å²) < 4.78 is 4.73. The summed E-state index contributed by atoms with van der Waals surface area (Å²) in [6.45, 7) is 3.20. The maximum absolute atomic E-state index is 10.8. The molecule has 0 aromatic heterocycles. The molecule has 0 bridgehead atoms. The molecule has 2 atom stereocenters. The first kappa shape index (κ1) is 8.77. The number of carbonyl (C=O) groups excluding carboxylic acids is 1. The molecule has 0 saturated heterocycles. The Balaban J connectivity index is 2.93. The van der Waals surface area contributed by atoms with Crippen LogP contribution in [-0.4, -0.2) is 23.1 Å². The predicted molar refractivity (Wildman–Crippen MR) is 40.4 cm³/mol. The van der Waals surface area contributed by atoms with Crippen molar-refractivity contribution in [3.05, 3.63) is 11.6 Å². The normalized spacial score (nSPS) is 29.2. The average molecular weight is 170 g/mol. The van der Waals surface area contributed by atoms with Crippen molar-refractivity contribution in [3.8, 4) is 0 Å². The lowest BCUT2D eigenvalue weighted by atomic mass is 9.93. The molecule has 4 heteroatoms. The molecule has 0 spiro atoms. The van der Waals surface area contributed by atoms with Gasteiger partial charge in [-0.1, -0.05) is 0 Å². The monoisotopic (exact) mass is 170 g/mol. The molecule has 1 aliphatic rings. The van der Waals surface area contributed by atoms with Crippen LogP contribution in [0.3, 0.4) is 0 Å². The van der Waals surface area contributed by atoms with Crippen LogP contribution in [0.2, 0.25) is 0 Å². The van der Waals surface area contributed by atoms with Gasteiger partial charge in [-0.2, -0.15) is 0 Å². The largest absolute Gasteiger partial charge is 0.481 e. The summed E-state index contributed by atoms with van der Waals surface area (Å²) in [5.41, 5.74) is 0.547. The van der Waals surface area contributed by atoms with Gasteiger partial charge in [0.2, 0.25) is 0 Å². The topological polar surface area (TPSA) is 63.6 Å². The van der Waals surface area contributed by atoms with Crippen molar-refractivity contribution in [2.24, 2.45) is 5.92 Å². The molecule has 66 valence electrons. The van der Waals surface area contributed by atoms with E-state index < -0.39 is 24.0 Å². The number of esters is 1. The zero-order valence-electron chi connectivity index (χ0n) is 6.90. The summed E-state index contributed by atoms with van der Waals surface area (Å²) in [6.07, 6.45) is 0.652. The van der Waals surface area contributed by atoms with Crippen LogP contribution in [0.5, 0.6) is 0 Å². The fourth-order valence-electron chi connectivity index (χ4n) is 1.33. The summed E-state index contributed by atoms with van der Waals surface area (Å²) in [5, 5.41) is 8.73. The van der Waals surface area contributed by atoms with E-state index in [-0.39, 0.29) is 0 Å². The van der Waals surface area contributed by atoms with E-state index in [2.05, 4.69) is 0 Å². The van der Waals surface area contributed by atoms with Gasteiger partial charge in [-0.05, 0) is 19.4 Å². The number of ether oxygens (including phenoxy) is 1. The number of aliphatic carboxylic acids is 1. The minimum absolute atomic E-state index is 0.461. The van der Waals surface area contributed by atoms with Gasteiger partial charge in [0, 0.05) is 6.08 Å². The average Bonchev–Trinajstić information content (AvgIpc) is 1.82. The van der Waals surface area contributed by atoms with E-state index in [1.807, 2.05) is 0 Å². The fraction of sp³-hybridized carbons (Fsp3) is 0.500. The Kier molecular flexibility index (Phi) is 2.17. The van der Waals surface area contributed by atoms with Crippen LogP contribution >= 0.6 is 0 Å². The quantitative estimate of drug-likeness (QED) is 0.584. The van der Waals surface area contributed by atoms with Gasteiger partial charge < -0.3 is 9.84 Å². The minimum Gasteiger partial charge on any atom is -0.481 e. The van der Waals surface area contributed by atoms with Crippen molar-refractivity contribution in [2.75, 3.05) is 0 Å². The van der Waals surface area contributed by atoms with Crippen LogP contribution in [0.25, 0.3) is 0 Å². The number of rotatable bonds is 1. The molecule has 1 rings (SSSR count). The number of carboxylic acids is 1. The van der Waals surface area contributed by atoms with E-state index in [0.29, 0.717) is 5.57 Å². The molecule has 12 heavy (non-hydrogen) atoms. The lowest BCUT2D eigenvalue weighted by Gasteiger charge is -2.24. The van der Waals surface area contributed by atoms with Gasteiger partial charge in [0.25, 0.3) is 0 Å². The van der Waals surface area contributed by atoms with Gasteiger partial charge in [-0.15, -0.1) is 0 Å². The summed E-state index contributed by atoms with van der Waals surface area (Å²) in [6, 6.07) is 0. The van der Waals surface area contributed by atoms with Crippen LogP contribution in [0.15, 0.2) is 11.6 Å². The number of carboxylic acid groups (broad SMARTS) is 1. The van der Waals surface area contributed by atoms with Crippen molar-refractivity contribution in [1.82, 2.24) is 0 Å². The highest BCUT2D eigenvalue weighted by molar-refractivity contribution is 5.87. The number of hydrogen-bond donors (Lipinski definition) is 1. The SMILES string of the molecule is CC1=CC(=O)OC(C)C1C(=O)O. The molecule has 1 N–H and O–H groups in total. The minimum atomic E-state index is -0.955. The third-order valence-electron chi connectivity index (χ3n) is 1.87. The fourth-order valence-corrected chi connectivity index (χ4v) is 1.33. The molecule has 0 saturated carbocycles. The smallest absolute Gasteiger partial charge is 0.331 e. The molecule has 0 aromatic rings. The number of cyclic esters (lactones) is 1.